The van der Waals surface area contributed by atoms with E-state index in [1.807, 2.05) is 5.40 Å². The summed E-state index contributed by atoms with van der Waals surface area (Å²) < 4.78 is 0. The van der Waals surface area contributed by atoms with Gasteiger partial charge in [0, 0.05) is 10.8 Å². The van der Waals surface area contributed by atoms with Gasteiger partial charge in [0.1, 0.15) is 5.40 Å². The van der Waals surface area contributed by atoms with Crippen molar-refractivity contribution in [1.29, 1.82) is 5.26 Å². The Morgan fingerprint density at radius 2 is 2.57 bits per heavy atom. The quantitative estimate of drug-likeness (QED) is 0.538. The predicted octanol–water partition coefficient (Wildman–Crippen LogP) is 1.95. The molecule has 38 valence electrons. The summed E-state index contributed by atoms with van der Waals surface area (Å²) in [6.45, 7) is 3.39. The Morgan fingerprint density at radius 3 is 2.71 bits per heavy atom. The lowest BCUT2D eigenvalue weighted by molar-refractivity contribution is 1.56. The minimum atomic E-state index is 0.520. The van der Waals surface area contributed by atoms with Gasteiger partial charge in [0.15, 0.2) is 0 Å². The molecule has 0 spiro atoms. The molecule has 0 aliphatic carbocycles. The van der Waals surface area contributed by atoms with Crippen LogP contribution in [0.5, 0.6) is 0 Å². The van der Waals surface area contributed by atoms with E-state index in [9.17, 15) is 0 Å². The van der Waals surface area contributed by atoms with Crippen molar-refractivity contribution in [1.82, 2.24) is 0 Å². The first-order chi connectivity index (χ1) is 3.27. The van der Waals surface area contributed by atoms with Gasteiger partial charge in [-0.2, -0.15) is 5.26 Å². The standard InChI is InChI=1S/C4H4ClNS/c1-4(5)2-7-3-6/h1-2H2. The fourth-order valence-electron chi connectivity index (χ4n) is 0.111. The van der Waals surface area contributed by atoms with Crippen LogP contribution in [0.2, 0.25) is 0 Å². The maximum Gasteiger partial charge on any atom is 0.133 e. The lowest BCUT2D eigenvalue weighted by Crippen LogP contribution is -1.68. The molecule has 0 aliphatic rings. The van der Waals surface area contributed by atoms with Crippen LogP contribution in [0.3, 0.4) is 0 Å². The van der Waals surface area contributed by atoms with Crippen LogP contribution in [0.4, 0.5) is 0 Å². The zero-order valence-corrected chi connectivity index (χ0v) is 5.22. The van der Waals surface area contributed by atoms with E-state index in [0.717, 1.165) is 11.8 Å². The third kappa shape index (κ3) is 5.87. The molecule has 0 amide bonds. The van der Waals surface area contributed by atoms with E-state index in [1.54, 1.807) is 0 Å². The molecule has 0 N–H and O–H groups in total. The van der Waals surface area contributed by atoms with Gasteiger partial charge in [-0.25, -0.2) is 0 Å². The first kappa shape index (κ1) is 6.87. The lowest BCUT2D eigenvalue weighted by Gasteiger charge is -1.82. The van der Waals surface area contributed by atoms with Crippen LogP contribution in [0.1, 0.15) is 0 Å². The summed E-state index contributed by atoms with van der Waals surface area (Å²) in [4.78, 5) is 0. The number of thiocyanates is 1. The van der Waals surface area contributed by atoms with Crippen LogP contribution in [-0.2, 0) is 0 Å². The van der Waals surface area contributed by atoms with Crippen molar-refractivity contribution in [2.75, 3.05) is 5.75 Å². The van der Waals surface area contributed by atoms with Crippen LogP contribution in [-0.4, -0.2) is 5.75 Å². The van der Waals surface area contributed by atoms with Crippen molar-refractivity contribution >= 4 is 23.4 Å². The molecule has 7 heavy (non-hydrogen) atoms. The van der Waals surface area contributed by atoms with Gasteiger partial charge in [-0.15, -0.1) is 0 Å². The Bertz CT molecular complexity index is 105. The zero-order valence-electron chi connectivity index (χ0n) is 3.65. The molecule has 0 saturated carbocycles. The van der Waals surface area contributed by atoms with Crippen molar-refractivity contribution in [3.8, 4) is 5.40 Å². The highest BCUT2D eigenvalue weighted by Crippen LogP contribution is 2.06. The first-order valence-electron chi connectivity index (χ1n) is 1.61. The third-order valence-corrected chi connectivity index (χ3v) is 1.21. The van der Waals surface area contributed by atoms with Crippen LogP contribution >= 0.6 is 23.4 Å². The monoisotopic (exact) mass is 133 g/mol. The van der Waals surface area contributed by atoms with E-state index < -0.39 is 0 Å². The van der Waals surface area contributed by atoms with Crippen molar-refractivity contribution in [2.45, 2.75) is 0 Å². The second-order valence-electron chi connectivity index (χ2n) is 0.897. The second-order valence-corrected chi connectivity index (χ2v) is 2.19. The van der Waals surface area contributed by atoms with Gasteiger partial charge in [-0.05, 0) is 11.8 Å². The molecule has 0 fully saturated rings. The summed E-state index contributed by atoms with van der Waals surface area (Å²) >= 11 is 6.38. The van der Waals surface area contributed by atoms with E-state index >= 15 is 0 Å². The Morgan fingerprint density at radius 1 is 2.00 bits per heavy atom. The number of hydrogen-bond acceptors (Lipinski definition) is 2. The Labute approximate surface area is 52.0 Å². The summed E-state index contributed by atoms with van der Waals surface area (Å²) in [5.74, 6) is 0.526. The molecule has 0 heterocycles. The van der Waals surface area contributed by atoms with E-state index in [-0.39, 0.29) is 0 Å². The highest BCUT2D eigenvalue weighted by atomic mass is 35.5. The molecule has 0 radical (unpaired) electrons. The van der Waals surface area contributed by atoms with Crippen molar-refractivity contribution in [3.05, 3.63) is 11.6 Å². The summed E-state index contributed by atoms with van der Waals surface area (Å²) in [5, 5.41) is 10.3. The number of thioether (sulfide) groups is 1. The SMILES string of the molecule is C=C(Cl)CSC#N. The minimum absolute atomic E-state index is 0.520. The van der Waals surface area contributed by atoms with Gasteiger partial charge in [0.2, 0.25) is 0 Å². The number of hydrogen-bond donors (Lipinski definition) is 0. The Balaban J connectivity index is 3.02. The molecule has 0 unspecified atom stereocenters. The fraction of sp³-hybridized carbons (Fsp3) is 0.250. The average Bonchev–Trinajstić information content (AvgIpc) is 1.61. The van der Waals surface area contributed by atoms with Crippen molar-refractivity contribution < 1.29 is 0 Å². The van der Waals surface area contributed by atoms with Crippen LogP contribution in [0.15, 0.2) is 11.6 Å². The smallest absolute Gasteiger partial charge is 0.133 e. The summed E-state index contributed by atoms with van der Waals surface area (Å²) in [5.41, 5.74) is 0. The first-order valence-corrected chi connectivity index (χ1v) is 2.98. The summed E-state index contributed by atoms with van der Waals surface area (Å²) in [6, 6.07) is 0. The van der Waals surface area contributed by atoms with Crippen molar-refractivity contribution in [2.24, 2.45) is 0 Å². The summed E-state index contributed by atoms with van der Waals surface area (Å²) in [6.07, 6.45) is 0. The minimum Gasteiger partial charge on any atom is -0.185 e. The van der Waals surface area contributed by atoms with Gasteiger partial charge in [-0.1, -0.05) is 18.2 Å². The average molecular weight is 134 g/mol. The zero-order chi connectivity index (χ0) is 5.70. The van der Waals surface area contributed by atoms with E-state index in [0.29, 0.717) is 10.8 Å². The van der Waals surface area contributed by atoms with Crippen LogP contribution in [0, 0.1) is 10.7 Å². The van der Waals surface area contributed by atoms with E-state index in [1.165, 1.54) is 0 Å². The third-order valence-electron chi connectivity index (χ3n) is 0.293. The highest BCUT2D eigenvalue weighted by Gasteiger charge is 1.84. The molecular weight excluding hydrogens is 130 g/mol. The normalized spacial score (nSPS) is 7.43. The second kappa shape index (κ2) is 4.04. The molecule has 0 aromatic heterocycles. The number of halogens is 1. The maximum atomic E-state index is 7.93. The van der Waals surface area contributed by atoms with Gasteiger partial charge >= 0.3 is 0 Å². The molecule has 0 atom stereocenters. The number of nitriles is 1. The van der Waals surface area contributed by atoms with Crippen LogP contribution < -0.4 is 0 Å². The highest BCUT2D eigenvalue weighted by molar-refractivity contribution is 8.03. The van der Waals surface area contributed by atoms with Crippen LogP contribution in [0.25, 0.3) is 0 Å². The number of nitrogens with zero attached hydrogens (tertiary/aromatic N) is 1. The Hall–Kier alpha value is -0.130. The molecule has 3 heteroatoms. The van der Waals surface area contributed by atoms with Gasteiger partial charge in [-0.3, -0.25) is 0 Å². The molecule has 0 rings (SSSR count). The van der Waals surface area contributed by atoms with E-state index in [2.05, 4.69) is 6.58 Å². The van der Waals surface area contributed by atoms with Gasteiger partial charge in [0.25, 0.3) is 0 Å². The predicted molar refractivity (Wildman–Crippen MR) is 33.1 cm³/mol. The van der Waals surface area contributed by atoms with Crippen molar-refractivity contribution in [3.63, 3.8) is 0 Å². The molecule has 0 aromatic rings. The molecule has 0 aromatic carbocycles. The largest absolute Gasteiger partial charge is 0.185 e. The topological polar surface area (TPSA) is 23.8 Å². The van der Waals surface area contributed by atoms with Gasteiger partial charge < -0.3 is 0 Å². The Kier molecular flexibility index (Phi) is 3.97. The fourth-order valence-corrected chi connectivity index (χ4v) is 0.495. The van der Waals surface area contributed by atoms with Gasteiger partial charge in [0.05, 0.1) is 0 Å². The summed E-state index contributed by atoms with van der Waals surface area (Å²) in [7, 11) is 0. The molecular formula is C4H4ClNS. The molecule has 0 bridgehead atoms. The maximum absolute atomic E-state index is 7.93. The molecule has 0 aliphatic heterocycles. The van der Waals surface area contributed by atoms with E-state index in [4.69, 9.17) is 16.9 Å². The number of rotatable bonds is 2. The lowest BCUT2D eigenvalue weighted by atomic mass is 10.8. The molecule has 0 saturated heterocycles. The molecule has 1 nitrogen and oxygen atoms in total.